The van der Waals surface area contributed by atoms with E-state index in [0.717, 1.165) is 11.4 Å². The van der Waals surface area contributed by atoms with Crippen LogP contribution < -0.4 is 10.6 Å². The molecule has 0 fully saturated rings. The predicted octanol–water partition coefficient (Wildman–Crippen LogP) is 3.36. The van der Waals surface area contributed by atoms with E-state index in [0.29, 0.717) is 19.0 Å². The Hall–Kier alpha value is -2.41. The van der Waals surface area contributed by atoms with Crippen LogP contribution in [0.25, 0.3) is 10.1 Å². The zero-order valence-electron chi connectivity index (χ0n) is 16.6. The Labute approximate surface area is 170 Å². The van der Waals surface area contributed by atoms with E-state index in [1.807, 2.05) is 12.1 Å². The first kappa shape index (κ1) is 20.3. The normalized spacial score (nSPS) is 13.1. The van der Waals surface area contributed by atoms with E-state index in [4.69, 9.17) is 0 Å². The van der Waals surface area contributed by atoms with Gasteiger partial charge in [-0.05, 0) is 42.7 Å². The van der Waals surface area contributed by atoms with Crippen LogP contribution in [0.4, 0.5) is 0 Å². The van der Waals surface area contributed by atoms with Gasteiger partial charge in [-0.25, -0.2) is 0 Å². The highest BCUT2D eigenvalue weighted by Crippen LogP contribution is 2.29. The van der Waals surface area contributed by atoms with Gasteiger partial charge in [-0.15, -0.1) is 11.3 Å². The molecular formula is C22H28N4OS. The number of hydrogen-bond donors (Lipinski definition) is 3. The van der Waals surface area contributed by atoms with Crippen molar-refractivity contribution in [2.45, 2.75) is 19.2 Å². The molecule has 0 spiro atoms. The van der Waals surface area contributed by atoms with Crippen LogP contribution in [0.5, 0.6) is 0 Å². The molecule has 1 heterocycles. The van der Waals surface area contributed by atoms with Gasteiger partial charge >= 0.3 is 0 Å². The fourth-order valence-corrected chi connectivity index (χ4v) is 4.05. The molecule has 0 amide bonds. The molecule has 148 valence electrons. The Morgan fingerprint density at radius 1 is 1.07 bits per heavy atom. The van der Waals surface area contributed by atoms with E-state index in [-0.39, 0.29) is 0 Å². The van der Waals surface area contributed by atoms with Crippen molar-refractivity contribution in [1.82, 2.24) is 15.5 Å². The Morgan fingerprint density at radius 2 is 1.79 bits per heavy atom. The second-order valence-corrected chi connectivity index (χ2v) is 8.18. The first-order chi connectivity index (χ1) is 13.5. The predicted molar refractivity (Wildman–Crippen MR) is 119 cm³/mol. The van der Waals surface area contributed by atoms with Crippen molar-refractivity contribution in [2.75, 3.05) is 27.7 Å². The van der Waals surface area contributed by atoms with E-state index in [9.17, 15) is 5.11 Å². The molecule has 0 radical (unpaired) electrons. The third-order valence-electron chi connectivity index (χ3n) is 4.44. The molecule has 1 aromatic heterocycles. The minimum absolute atomic E-state index is 0.411. The van der Waals surface area contributed by atoms with Crippen LogP contribution in [-0.4, -0.2) is 43.7 Å². The van der Waals surface area contributed by atoms with Crippen molar-refractivity contribution in [1.29, 1.82) is 0 Å². The quantitative estimate of drug-likeness (QED) is 0.423. The zero-order valence-corrected chi connectivity index (χ0v) is 17.5. The summed E-state index contributed by atoms with van der Waals surface area (Å²) < 4.78 is 1.19. The summed E-state index contributed by atoms with van der Waals surface area (Å²) in [7, 11) is 5.87. The molecule has 5 nitrogen and oxygen atoms in total. The highest BCUT2D eigenvalue weighted by molar-refractivity contribution is 7.19. The van der Waals surface area contributed by atoms with Crippen LogP contribution in [0.1, 0.15) is 22.1 Å². The fourth-order valence-electron chi connectivity index (χ4n) is 2.99. The van der Waals surface area contributed by atoms with Crippen LogP contribution in [0.3, 0.4) is 0 Å². The van der Waals surface area contributed by atoms with Gasteiger partial charge in [-0.2, -0.15) is 0 Å². The Morgan fingerprint density at radius 3 is 2.46 bits per heavy atom. The van der Waals surface area contributed by atoms with E-state index < -0.39 is 6.10 Å². The smallest absolute Gasteiger partial charge is 0.191 e. The summed E-state index contributed by atoms with van der Waals surface area (Å²) in [5, 5.41) is 18.2. The maximum absolute atomic E-state index is 10.5. The van der Waals surface area contributed by atoms with Gasteiger partial charge in [-0.3, -0.25) is 4.99 Å². The molecule has 0 saturated carbocycles. The van der Waals surface area contributed by atoms with Crippen molar-refractivity contribution in [3.05, 3.63) is 70.6 Å². The Kier molecular flexibility index (Phi) is 7.03. The van der Waals surface area contributed by atoms with Gasteiger partial charge in [0.15, 0.2) is 5.96 Å². The van der Waals surface area contributed by atoms with Crippen LogP contribution in [-0.2, 0) is 13.1 Å². The van der Waals surface area contributed by atoms with Crippen molar-refractivity contribution in [2.24, 2.45) is 4.99 Å². The molecule has 3 N–H and O–H groups in total. The number of thiophene rings is 1. The highest BCUT2D eigenvalue weighted by Gasteiger charge is 2.12. The molecule has 1 atom stereocenters. The average Bonchev–Trinajstić information content (AvgIpc) is 3.13. The molecule has 0 aliphatic carbocycles. The maximum atomic E-state index is 10.5. The molecule has 28 heavy (non-hydrogen) atoms. The number of guanidine groups is 1. The number of aliphatic hydroxyl groups excluding tert-OH is 1. The Bertz CT molecular complexity index is 885. The molecule has 3 rings (SSSR count). The topological polar surface area (TPSA) is 59.9 Å². The first-order valence-electron chi connectivity index (χ1n) is 9.39. The fraction of sp³-hybridized carbons (Fsp3) is 0.318. The number of rotatable bonds is 7. The van der Waals surface area contributed by atoms with E-state index >= 15 is 0 Å². The molecule has 0 saturated heterocycles. The summed E-state index contributed by atoms with van der Waals surface area (Å²) >= 11 is 1.63. The Balaban J connectivity index is 1.50. The summed E-state index contributed by atoms with van der Waals surface area (Å²) in [6, 6.07) is 18.8. The minimum atomic E-state index is -0.568. The number of aliphatic hydroxyl groups is 1. The van der Waals surface area contributed by atoms with Gasteiger partial charge in [0.1, 0.15) is 6.10 Å². The molecule has 3 aromatic rings. The van der Waals surface area contributed by atoms with E-state index in [2.05, 4.69) is 77.1 Å². The number of aliphatic imine (C=N–C) groups is 1. The third-order valence-corrected chi connectivity index (χ3v) is 5.66. The first-order valence-corrected chi connectivity index (χ1v) is 10.2. The summed E-state index contributed by atoms with van der Waals surface area (Å²) in [6.07, 6.45) is -0.568. The van der Waals surface area contributed by atoms with Gasteiger partial charge < -0.3 is 20.6 Å². The van der Waals surface area contributed by atoms with Crippen LogP contribution in [0.2, 0.25) is 0 Å². The zero-order chi connectivity index (χ0) is 19.9. The van der Waals surface area contributed by atoms with Crippen molar-refractivity contribution >= 4 is 27.4 Å². The molecule has 2 aromatic carbocycles. The molecule has 0 aliphatic heterocycles. The van der Waals surface area contributed by atoms with Gasteiger partial charge in [0.05, 0.1) is 0 Å². The lowest BCUT2D eigenvalue weighted by Gasteiger charge is -2.15. The largest absolute Gasteiger partial charge is 0.386 e. The SMILES string of the molecule is CN=C(NCc1ccc(CN(C)C)cc1)NCC(O)c1cc2ccccc2s1. The van der Waals surface area contributed by atoms with Gasteiger partial charge in [0.25, 0.3) is 0 Å². The number of fused-ring (bicyclic) bond motifs is 1. The maximum Gasteiger partial charge on any atom is 0.191 e. The molecular weight excluding hydrogens is 368 g/mol. The minimum Gasteiger partial charge on any atom is -0.386 e. The lowest BCUT2D eigenvalue weighted by molar-refractivity contribution is 0.184. The highest BCUT2D eigenvalue weighted by atomic mass is 32.1. The second kappa shape index (κ2) is 9.68. The number of hydrogen-bond acceptors (Lipinski definition) is 4. The second-order valence-electron chi connectivity index (χ2n) is 7.06. The van der Waals surface area contributed by atoms with Crippen LogP contribution in [0, 0.1) is 0 Å². The van der Waals surface area contributed by atoms with Crippen LogP contribution >= 0.6 is 11.3 Å². The number of benzene rings is 2. The van der Waals surface area contributed by atoms with E-state index in [1.54, 1.807) is 18.4 Å². The van der Waals surface area contributed by atoms with Gasteiger partial charge in [0, 0.05) is 36.3 Å². The number of nitrogens with zero attached hydrogens (tertiary/aromatic N) is 2. The molecule has 1 unspecified atom stereocenters. The van der Waals surface area contributed by atoms with Crippen molar-refractivity contribution < 1.29 is 5.11 Å². The average molecular weight is 397 g/mol. The molecule has 0 bridgehead atoms. The molecule has 6 heteroatoms. The van der Waals surface area contributed by atoms with E-state index in [1.165, 1.54) is 21.2 Å². The summed E-state index contributed by atoms with van der Waals surface area (Å²) in [6.45, 7) is 2.03. The van der Waals surface area contributed by atoms with Crippen molar-refractivity contribution in [3.8, 4) is 0 Å². The summed E-state index contributed by atoms with van der Waals surface area (Å²) in [5.74, 6) is 0.678. The monoisotopic (exact) mass is 396 g/mol. The summed E-state index contributed by atoms with van der Waals surface area (Å²) in [5.41, 5.74) is 2.48. The van der Waals surface area contributed by atoms with Crippen LogP contribution in [0.15, 0.2) is 59.6 Å². The summed E-state index contributed by atoms with van der Waals surface area (Å²) in [4.78, 5) is 7.36. The third kappa shape index (κ3) is 5.55. The lowest BCUT2D eigenvalue weighted by atomic mass is 10.1. The number of nitrogens with one attached hydrogen (secondary N) is 2. The standard InChI is InChI=1S/C22H28N4OS/c1-23-22(24-13-16-8-10-17(11-9-16)15-26(2)3)25-14-19(27)21-12-18-6-4-5-7-20(18)28-21/h4-12,19,27H,13-15H2,1-3H3,(H2,23,24,25). The molecule has 0 aliphatic rings. The van der Waals surface area contributed by atoms with Gasteiger partial charge in [0.2, 0.25) is 0 Å². The van der Waals surface area contributed by atoms with Gasteiger partial charge in [-0.1, -0.05) is 42.5 Å². The van der Waals surface area contributed by atoms with Crippen molar-refractivity contribution in [3.63, 3.8) is 0 Å². The lowest BCUT2D eigenvalue weighted by Crippen LogP contribution is -2.38.